The lowest BCUT2D eigenvalue weighted by Gasteiger charge is -2.43. The summed E-state index contributed by atoms with van der Waals surface area (Å²) in [4.78, 5) is 13.3. The molecule has 0 spiro atoms. The number of hydrogen-bond acceptors (Lipinski definition) is 12. The van der Waals surface area contributed by atoms with Gasteiger partial charge in [-0.05, 0) is 41.0 Å². The summed E-state index contributed by atoms with van der Waals surface area (Å²) in [5.41, 5.74) is 14.2. The van der Waals surface area contributed by atoms with Crippen LogP contribution in [0.5, 0.6) is 28.7 Å². The van der Waals surface area contributed by atoms with Gasteiger partial charge in [-0.25, -0.2) is 0 Å². The number of aliphatic hydroxyl groups excluding tert-OH is 1. The Morgan fingerprint density at radius 2 is 1.69 bits per heavy atom. The number of cyclic esters (lactones) is 1. The summed E-state index contributed by atoms with van der Waals surface area (Å²) in [6.07, 6.45) is -2.72. The highest BCUT2D eigenvalue weighted by molar-refractivity contribution is 5.79. The molecular formula is C27H32N2O10. The van der Waals surface area contributed by atoms with Crippen molar-refractivity contribution in [1.82, 2.24) is 0 Å². The van der Waals surface area contributed by atoms with Crippen molar-refractivity contribution in [3.63, 3.8) is 0 Å². The third-order valence-electron chi connectivity index (χ3n) is 8.12. The van der Waals surface area contributed by atoms with E-state index >= 15 is 0 Å². The fraction of sp³-hybridized carbons (Fsp3) is 0.519. The number of phenols is 1. The zero-order valence-corrected chi connectivity index (χ0v) is 21.6. The fourth-order valence-corrected chi connectivity index (χ4v) is 6.19. The molecule has 2 fully saturated rings. The van der Waals surface area contributed by atoms with Gasteiger partial charge in [0.2, 0.25) is 12.5 Å². The molecule has 0 radical (unpaired) electrons. The predicted molar refractivity (Wildman–Crippen MR) is 134 cm³/mol. The molecule has 3 heterocycles. The van der Waals surface area contributed by atoms with Crippen molar-refractivity contribution in [1.29, 1.82) is 0 Å². The second-order valence-corrected chi connectivity index (χ2v) is 10.2. The molecule has 6 N–H and O–H groups in total. The molecule has 210 valence electrons. The Morgan fingerprint density at radius 1 is 1.03 bits per heavy atom. The summed E-state index contributed by atoms with van der Waals surface area (Å²) in [6.45, 7) is 0.280. The number of esters is 1. The first-order valence-electron chi connectivity index (χ1n) is 12.8. The van der Waals surface area contributed by atoms with Gasteiger partial charge in [0.15, 0.2) is 29.3 Å². The molecule has 0 aromatic heterocycles. The molecule has 8 atom stereocenters. The van der Waals surface area contributed by atoms with Crippen LogP contribution in [-0.4, -0.2) is 74.9 Å². The van der Waals surface area contributed by atoms with Gasteiger partial charge in [0.1, 0.15) is 6.10 Å². The largest absolute Gasteiger partial charge is 0.502 e. The van der Waals surface area contributed by atoms with Crippen molar-refractivity contribution in [2.45, 2.75) is 43.0 Å². The maximum Gasteiger partial charge on any atom is 0.310 e. The van der Waals surface area contributed by atoms with Gasteiger partial charge in [0.25, 0.3) is 0 Å². The number of ether oxygens (including phenoxy) is 7. The number of nitrogens with two attached hydrogens (primary N) is 2. The van der Waals surface area contributed by atoms with Gasteiger partial charge in [-0.15, -0.1) is 0 Å². The van der Waals surface area contributed by atoms with Crippen LogP contribution in [0.2, 0.25) is 0 Å². The van der Waals surface area contributed by atoms with Crippen LogP contribution in [0.3, 0.4) is 0 Å². The van der Waals surface area contributed by atoms with Gasteiger partial charge in [-0.1, -0.05) is 0 Å². The van der Waals surface area contributed by atoms with Crippen molar-refractivity contribution < 1.29 is 48.2 Å². The van der Waals surface area contributed by atoms with Crippen molar-refractivity contribution in [3.05, 3.63) is 41.0 Å². The SMILES string of the molecule is COc1cc([C@@H]2c3cc4c(cc3[C@@H](OC3CC(N)C(O)C(CN)O3)[C@H]3COC(=O)[C@H]23)OCO4)cc(OC)c1O. The first-order chi connectivity index (χ1) is 18.8. The van der Waals surface area contributed by atoms with E-state index in [1.807, 2.05) is 12.1 Å². The number of carbonyl (C=O) groups is 1. The highest BCUT2D eigenvalue weighted by Crippen LogP contribution is 2.56. The summed E-state index contributed by atoms with van der Waals surface area (Å²) in [5, 5.41) is 20.9. The summed E-state index contributed by atoms with van der Waals surface area (Å²) >= 11 is 0. The van der Waals surface area contributed by atoms with Crippen LogP contribution in [0, 0.1) is 11.8 Å². The second kappa shape index (κ2) is 10.0. The van der Waals surface area contributed by atoms with Crippen LogP contribution < -0.4 is 30.4 Å². The maximum absolute atomic E-state index is 13.3. The van der Waals surface area contributed by atoms with Gasteiger partial charge in [0, 0.05) is 30.8 Å². The number of rotatable bonds is 6. The number of fused-ring (bicyclic) bond motifs is 3. The number of aliphatic hydroxyl groups is 1. The van der Waals surface area contributed by atoms with Crippen LogP contribution in [0.4, 0.5) is 0 Å². The molecule has 0 bridgehead atoms. The predicted octanol–water partition coefficient (Wildman–Crippen LogP) is 0.892. The van der Waals surface area contributed by atoms with Crippen molar-refractivity contribution in [2.75, 3.05) is 34.2 Å². The van der Waals surface area contributed by atoms with Crippen LogP contribution in [0.25, 0.3) is 0 Å². The first kappa shape index (κ1) is 26.0. The highest BCUT2D eigenvalue weighted by Gasteiger charge is 2.54. The normalized spacial score (nSPS) is 32.8. The van der Waals surface area contributed by atoms with Gasteiger partial charge in [-0.3, -0.25) is 4.79 Å². The molecule has 2 aromatic rings. The molecule has 2 aromatic carbocycles. The smallest absolute Gasteiger partial charge is 0.310 e. The van der Waals surface area contributed by atoms with Gasteiger partial charge >= 0.3 is 5.97 Å². The van der Waals surface area contributed by atoms with E-state index in [0.717, 1.165) is 11.1 Å². The topological polar surface area (TPSA) is 174 Å². The standard InChI is InChI=1S/C27H32N2O10/c1-33-18-3-11(4-19(34-2)25(18)31)22-12-5-16-17(37-10-36-16)6-13(12)26(14-9-35-27(32)23(14)22)39-21-7-15(29)24(30)20(8-28)38-21/h3-6,14-15,20-24,26,30-31H,7-10,28-29H2,1-2H3/t14-,15?,20?,21?,22+,23-,24?,26+/m0/s1. The van der Waals surface area contributed by atoms with Gasteiger partial charge in [0.05, 0.1) is 39.0 Å². The van der Waals surface area contributed by atoms with Crippen LogP contribution in [0.1, 0.15) is 35.1 Å². The Bertz CT molecular complexity index is 1250. The average molecular weight is 545 g/mol. The van der Waals surface area contributed by atoms with E-state index in [9.17, 15) is 15.0 Å². The van der Waals surface area contributed by atoms with Crippen LogP contribution >= 0.6 is 0 Å². The van der Waals surface area contributed by atoms with Crippen LogP contribution in [-0.2, 0) is 19.0 Å². The van der Waals surface area contributed by atoms with Gasteiger partial charge in [-0.2, -0.15) is 0 Å². The Hall–Kier alpha value is -3.29. The monoisotopic (exact) mass is 544 g/mol. The number of benzene rings is 2. The number of phenolic OH excluding ortho intramolecular Hbond substituents is 1. The lowest BCUT2D eigenvalue weighted by molar-refractivity contribution is -0.251. The minimum Gasteiger partial charge on any atom is -0.502 e. The van der Waals surface area contributed by atoms with Crippen molar-refractivity contribution in [2.24, 2.45) is 23.3 Å². The first-order valence-corrected chi connectivity index (χ1v) is 12.8. The molecule has 39 heavy (non-hydrogen) atoms. The minimum absolute atomic E-state index is 0.0703. The maximum atomic E-state index is 13.3. The summed E-state index contributed by atoms with van der Waals surface area (Å²) in [5.74, 6) is -0.494. The highest BCUT2D eigenvalue weighted by atomic mass is 16.7. The summed E-state index contributed by atoms with van der Waals surface area (Å²) in [6, 6.07) is 6.51. The molecule has 12 heteroatoms. The summed E-state index contributed by atoms with van der Waals surface area (Å²) < 4.78 is 40.3. The fourth-order valence-electron chi connectivity index (χ4n) is 6.19. The van der Waals surface area contributed by atoms with E-state index in [-0.39, 0.29) is 55.5 Å². The quantitative estimate of drug-likeness (QED) is 0.379. The Balaban J connectivity index is 1.47. The average Bonchev–Trinajstić information content (AvgIpc) is 3.56. The Labute approximate surface area is 224 Å². The Morgan fingerprint density at radius 3 is 2.33 bits per heavy atom. The number of methoxy groups -OCH3 is 2. The third-order valence-corrected chi connectivity index (χ3v) is 8.12. The molecule has 4 unspecified atom stereocenters. The van der Waals surface area contributed by atoms with Crippen molar-refractivity contribution >= 4 is 5.97 Å². The molecule has 1 aliphatic carbocycles. The molecule has 0 amide bonds. The van der Waals surface area contributed by atoms with Crippen LogP contribution in [0.15, 0.2) is 24.3 Å². The van der Waals surface area contributed by atoms with E-state index < -0.39 is 42.5 Å². The van der Waals surface area contributed by atoms with E-state index in [1.54, 1.807) is 12.1 Å². The molecule has 12 nitrogen and oxygen atoms in total. The van der Waals surface area contributed by atoms with E-state index in [2.05, 4.69) is 0 Å². The number of hydrogen-bond donors (Lipinski definition) is 4. The molecule has 2 saturated heterocycles. The zero-order chi connectivity index (χ0) is 27.4. The molecule has 6 rings (SSSR count). The summed E-state index contributed by atoms with van der Waals surface area (Å²) in [7, 11) is 2.89. The molecular weight excluding hydrogens is 512 g/mol. The van der Waals surface area contributed by atoms with E-state index in [4.69, 9.17) is 44.6 Å². The molecule has 3 aliphatic heterocycles. The lowest BCUT2D eigenvalue weighted by Crippen LogP contribution is -2.55. The molecule has 0 saturated carbocycles. The van der Waals surface area contributed by atoms with E-state index in [1.165, 1.54) is 14.2 Å². The Kier molecular flexibility index (Phi) is 6.68. The third kappa shape index (κ3) is 4.23. The second-order valence-electron chi connectivity index (χ2n) is 10.2. The zero-order valence-electron chi connectivity index (χ0n) is 21.6. The lowest BCUT2D eigenvalue weighted by atomic mass is 9.66. The van der Waals surface area contributed by atoms with Crippen molar-refractivity contribution in [3.8, 4) is 28.7 Å². The number of carbonyl (C=O) groups excluding carboxylic acids is 1. The minimum atomic E-state index is -0.907. The molecule has 4 aliphatic rings. The number of aromatic hydroxyl groups is 1. The van der Waals surface area contributed by atoms with E-state index in [0.29, 0.717) is 17.1 Å². The van der Waals surface area contributed by atoms with Gasteiger partial charge < -0.3 is 54.8 Å².